The molecule has 0 unspecified atom stereocenters. The van der Waals surface area contributed by atoms with E-state index in [1.54, 1.807) is 0 Å². The van der Waals surface area contributed by atoms with Crippen molar-refractivity contribution in [2.75, 3.05) is 4.90 Å². The molecule has 0 saturated heterocycles. The average Bonchev–Trinajstić information content (AvgIpc) is 2.64. The summed E-state index contributed by atoms with van der Waals surface area (Å²) in [4.78, 5) is 14.2. The number of rotatable bonds is 1. The number of ketones is 1. The van der Waals surface area contributed by atoms with Crippen LogP contribution in [0.25, 0.3) is 0 Å². The summed E-state index contributed by atoms with van der Waals surface area (Å²) in [6.07, 6.45) is 0. The van der Waals surface area contributed by atoms with Gasteiger partial charge in [-0.25, -0.2) is 0 Å². The second-order valence-electron chi connectivity index (χ2n) is 3.82. The number of anilines is 2. The van der Waals surface area contributed by atoms with Crippen LogP contribution in [0.5, 0.6) is 0 Å². The van der Waals surface area contributed by atoms with Crippen molar-refractivity contribution >= 4 is 34.4 Å². The van der Waals surface area contributed by atoms with Crippen LogP contribution in [0, 0.1) is 0 Å². The van der Waals surface area contributed by atoms with Gasteiger partial charge in [-0.2, -0.15) is 0 Å². The Balaban J connectivity index is 2.20. The maximum Gasteiger partial charge on any atom is 0.223 e. The molecule has 2 aromatic rings. The number of thiocarbonyl (C=S) groups is 1. The fourth-order valence-electron chi connectivity index (χ4n) is 2.02. The van der Waals surface area contributed by atoms with Crippen molar-refractivity contribution in [2.45, 2.75) is 0 Å². The number of para-hydroxylation sites is 2. The Morgan fingerprint density at radius 2 is 1.53 bits per heavy atom. The van der Waals surface area contributed by atoms with E-state index in [4.69, 9.17) is 12.2 Å². The van der Waals surface area contributed by atoms with Crippen molar-refractivity contribution in [1.29, 1.82) is 0 Å². The second-order valence-corrected chi connectivity index (χ2v) is 4.21. The van der Waals surface area contributed by atoms with E-state index in [1.165, 1.54) is 0 Å². The lowest BCUT2D eigenvalue weighted by atomic mass is 10.1. The molecular weight excluding hydrogens is 230 g/mol. The molecule has 0 atom stereocenters. The summed E-state index contributed by atoms with van der Waals surface area (Å²) in [6, 6.07) is 17.2. The second kappa shape index (κ2) is 3.79. The molecular formula is C14H9NOS. The molecule has 1 aliphatic rings. The predicted octanol–water partition coefficient (Wildman–Crippen LogP) is 3.35. The molecule has 1 heterocycles. The molecule has 3 rings (SSSR count). The Morgan fingerprint density at radius 3 is 2.29 bits per heavy atom. The maximum atomic E-state index is 12.0. The van der Waals surface area contributed by atoms with Crippen LogP contribution in [0.4, 0.5) is 11.4 Å². The van der Waals surface area contributed by atoms with Gasteiger partial charge in [0.05, 0.1) is 5.69 Å². The van der Waals surface area contributed by atoms with Gasteiger partial charge in [0.2, 0.25) is 5.78 Å². The average molecular weight is 239 g/mol. The Kier molecular flexibility index (Phi) is 2.27. The quantitative estimate of drug-likeness (QED) is 0.712. The van der Waals surface area contributed by atoms with E-state index in [1.807, 2.05) is 59.5 Å². The molecule has 0 spiro atoms. The standard InChI is InChI=1S/C14H9NOS/c16-13-11-8-4-5-9-12(11)15(14(13)17)10-6-2-1-3-7-10/h1-9H. The molecule has 3 heteroatoms. The van der Waals surface area contributed by atoms with Gasteiger partial charge in [-0.3, -0.25) is 9.69 Å². The van der Waals surface area contributed by atoms with E-state index in [0.29, 0.717) is 10.6 Å². The van der Waals surface area contributed by atoms with Crippen LogP contribution in [0.2, 0.25) is 0 Å². The lowest BCUT2D eigenvalue weighted by Gasteiger charge is -2.18. The van der Waals surface area contributed by atoms with Crippen LogP contribution in [0.15, 0.2) is 54.6 Å². The summed E-state index contributed by atoms with van der Waals surface area (Å²) in [5.74, 6) is -0.0700. The van der Waals surface area contributed by atoms with Gasteiger partial charge >= 0.3 is 0 Å². The van der Waals surface area contributed by atoms with Crippen LogP contribution in [-0.4, -0.2) is 10.8 Å². The third-order valence-electron chi connectivity index (χ3n) is 2.80. The van der Waals surface area contributed by atoms with Gasteiger partial charge in [-0.15, -0.1) is 0 Å². The molecule has 0 radical (unpaired) electrons. The first-order valence-electron chi connectivity index (χ1n) is 5.32. The number of benzene rings is 2. The van der Waals surface area contributed by atoms with Gasteiger partial charge < -0.3 is 0 Å². The number of hydrogen-bond acceptors (Lipinski definition) is 2. The smallest absolute Gasteiger partial charge is 0.223 e. The number of carbonyl (C=O) groups excluding carboxylic acids is 1. The fourth-order valence-corrected chi connectivity index (χ4v) is 2.33. The van der Waals surface area contributed by atoms with Gasteiger partial charge in [0.1, 0.15) is 0 Å². The first kappa shape index (κ1) is 10.2. The zero-order valence-electron chi connectivity index (χ0n) is 8.96. The van der Waals surface area contributed by atoms with Crippen LogP contribution < -0.4 is 4.90 Å². The summed E-state index contributed by atoms with van der Waals surface area (Å²) in [6.45, 7) is 0. The van der Waals surface area contributed by atoms with E-state index in [0.717, 1.165) is 11.4 Å². The summed E-state index contributed by atoms with van der Waals surface area (Å²) >= 11 is 5.23. The maximum absolute atomic E-state index is 12.0. The fraction of sp³-hybridized carbons (Fsp3) is 0. The van der Waals surface area contributed by atoms with E-state index >= 15 is 0 Å². The largest absolute Gasteiger partial charge is 0.297 e. The highest BCUT2D eigenvalue weighted by Gasteiger charge is 2.32. The number of fused-ring (bicyclic) bond motifs is 1. The van der Waals surface area contributed by atoms with Crippen LogP contribution in [0.1, 0.15) is 10.4 Å². The summed E-state index contributed by atoms with van der Waals surface area (Å²) in [5, 5.41) is 0. The third-order valence-corrected chi connectivity index (χ3v) is 3.17. The van der Waals surface area contributed by atoms with Crippen molar-refractivity contribution in [3.63, 3.8) is 0 Å². The normalized spacial score (nSPS) is 14.0. The third kappa shape index (κ3) is 1.47. The lowest BCUT2D eigenvalue weighted by Crippen LogP contribution is -2.22. The van der Waals surface area contributed by atoms with Gasteiger partial charge in [-0.05, 0) is 24.3 Å². The molecule has 2 aromatic carbocycles. The highest BCUT2D eigenvalue weighted by molar-refractivity contribution is 7.82. The molecule has 0 amide bonds. The summed E-state index contributed by atoms with van der Waals surface area (Å²) in [7, 11) is 0. The molecule has 0 bridgehead atoms. The Bertz CT molecular complexity index is 607. The molecule has 82 valence electrons. The molecule has 0 N–H and O–H groups in total. The highest BCUT2D eigenvalue weighted by atomic mass is 32.1. The van der Waals surface area contributed by atoms with Gasteiger partial charge in [0.15, 0.2) is 4.99 Å². The van der Waals surface area contributed by atoms with Crippen LogP contribution in [-0.2, 0) is 0 Å². The number of carbonyl (C=O) groups is 1. The van der Waals surface area contributed by atoms with E-state index in [2.05, 4.69) is 0 Å². The van der Waals surface area contributed by atoms with Gasteiger partial charge in [-0.1, -0.05) is 42.5 Å². The Morgan fingerprint density at radius 1 is 0.882 bits per heavy atom. The molecule has 0 fully saturated rings. The predicted molar refractivity (Wildman–Crippen MR) is 72.0 cm³/mol. The minimum atomic E-state index is -0.0700. The molecule has 0 aliphatic carbocycles. The molecule has 0 saturated carbocycles. The monoisotopic (exact) mass is 239 g/mol. The zero-order chi connectivity index (χ0) is 11.8. The van der Waals surface area contributed by atoms with Crippen molar-refractivity contribution in [3.05, 3.63) is 60.2 Å². The van der Waals surface area contributed by atoms with E-state index in [-0.39, 0.29) is 5.78 Å². The number of nitrogens with zero attached hydrogens (tertiary/aromatic N) is 1. The lowest BCUT2D eigenvalue weighted by molar-refractivity contribution is 0.107. The molecule has 0 aromatic heterocycles. The highest BCUT2D eigenvalue weighted by Crippen LogP contribution is 2.35. The van der Waals surface area contributed by atoms with Crippen molar-refractivity contribution in [3.8, 4) is 0 Å². The van der Waals surface area contributed by atoms with E-state index < -0.39 is 0 Å². The summed E-state index contributed by atoms with van der Waals surface area (Å²) in [5.41, 5.74) is 2.48. The number of Topliss-reactive ketones (excluding diaryl/α,β-unsaturated/α-hetero) is 1. The zero-order valence-corrected chi connectivity index (χ0v) is 9.78. The van der Waals surface area contributed by atoms with Crippen molar-refractivity contribution < 1.29 is 4.79 Å². The minimum Gasteiger partial charge on any atom is -0.297 e. The first-order valence-corrected chi connectivity index (χ1v) is 5.73. The van der Waals surface area contributed by atoms with Crippen LogP contribution >= 0.6 is 12.2 Å². The van der Waals surface area contributed by atoms with E-state index in [9.17, 15) is 4.79 Å². The Labute approximate surface area is 104 Å². The van der Waals surface area contributed by atoms with Gasteiger partial charge in [0, 0.05) is 11.3 Å². The first-order chi connectivity index (χ1) is 8.29. The Hall–Kier alpha value is -2.00. The molecule has 2 nitrogen and oxygen atoms in total. The topological polar surface area (TPSA) is 20.3 Å². The molecule has 1 aliphatic heterocycles. The summed E-state index contributed by atoms with van der Waals surface area (Å²) < 4.78 is 0. The van der Waals surface area contributed by atoms with Crippen LogP contribution in [0.3, 0.4) is 0 Å². The van der Waals surface area contributed by atoms with Crippen molar-refractivity contribution in [2.24, 2.45) is 0 Å². The molecule has 17 heavy (non-hydrogen) atoms. The van der Waals surface area contributed by atoms with Gasteiger partial charge in [0.25, 0.3) is 0 Å². The minimum absolute atomic E-state index is 0.0700. The van der Waals surface area contributed by atoms with Crippen molar-refractivity contribution in [1.82, 2.24) is 0 Å². The SMILES string of the molecule is O=C1C(=S)N(c2ccccc2)c2ccccc21. The number of hydrogen-bond donors (Lipinski definition) is 0.